The van der Waals surface area contributed by atoms with Crippen LogP contribution in [0.1, 0.15) is 26.7 Å². The zero-order valence-electron chi connectivity index (χ0n) is 22.0. The second-order valence-electron chi connectivity index (χ2n) is 10.9. The van der Waals surface area contributed by atoms with Gasteiger partial charge in [0.05, 0.1) is 29.2 Å². The average molecular weight is 544 g/mol. The van der Waals surface area contributed by atoms with Crippen molar-refractivity contribution >= 4 is 51.6 Å². The van der Waals surface area contributed by atoms with Crippen LogP contribution >= 0.6 is 11.8 Å². The van der Waals surface area contributed by atoms with Crippen molar-refractivity contribution in [3.63, 3.8) is 0 Å². The Hall–Kier alpha value is -3.36. The Kier molecular flexibility index (Phi) is 6.63. The summed E-state index contributed by atoms with van der Waals surface area (Å²) >= 11 is 1.63. The summed E-state index contributed by atoms with van der Waals surface area (Å²) < 4.78 is -0.746. The summed E-state index contributed by atoms with van der Waals surface area (Å²) in [4.78, 5) is 43.7. The first-order chi connectivity index (χ1) is 18.9. The molecule has 6 rings (SSSR count). The highest BCUT2D eigenvalue weighted by Gasteiger charge is 2.76. The third kappa shape index (κ3) is 4.03. The van der Waals surface area contributed by atoms with E-state index in [1.165, 1.54) is 0 Å². The molecule has 0 saturated carbocycles. The monoisotopic (exact) mass is 543 g/mol. The van der Waals surface area contributed by atoms with E-state index in [1.807, 2.05) is 79.7 Å². The zero-order chi connectivity index (χ0) is 27.3. The van der Waals surface area contributed by atoms with Crippen molar-refractivity contribution in [2.45, 2.75) is 48.8 Å². The molecular formula is C31H33N3O4S. The van der Waals surface area contributed by atoms with Gasteiger partial charge in [-0.3, -0.25) is 14.4 Å². The molecule has 3 heterocycles. The largest absolute Gasteiger partial charge is 0.394 e. The number of nitrogens with zero attached hydrogens (tertiary/aromatic N) is 1. The van der Waals surface area contributed by atoms with Crippen LogP contribution in [0.4, 0.5) is 11.4 Å². The average Bonchev–Trinajstić information content (AvgIpc) is 3.54. The van der Waals surface area contributed by atoms with Crippen molar-refractivity contribution < 1.29 is 19.5 Å². The number of aliphatic hydroxyl groups excluding tert-OH is 1. The summed E-state index contributed by atoms with van der Waals surface area (Å²) in [5.74, 6) is -1.78. The summed E-state index contributed by atoms with van der Waals surface area (Å²) in [5.41, 5.74) is 1.35. The van der Waals surface area contributed by atoms with E-state index >= 15 is 0 Å². The summed E-state index contributed by atoms with van der Waals surface area (Å²) in [5, 5.41) is 18.4. The van der Waals surface area contributed by atoms with Crippen LogP contribution in [0.25, 0.3) is 10.8 Å². The summed E-state index contributed by atoms with van der Waals surface area (Å²) in [6.45, 7) is 3.76. The van der Waals surface area contributed by atoms with Crippen molar-refractivity contribution in [1.82, 2.24) is 4.90 Å². The molecule has 0 aliphatic carbocycles. The molecular weight excluding hydrogens is 510 g/mol. The molecule has 3 aromatic carbocycles. The van der Waals surface area contributed by atoms with Crippen molar-refractivity contribution in [2.24, 2.45) is 17.8 Å². The van der Waals surface area contributed by atoms with E-state index in [2.05, 4.69) is 17.6 Å². The van der Waals surface area contributed by atoms with Crippen molar-refractivity contribution in [3.05, 3.63) is 72.8 Å². The van der Waals surface area contributed by atoms with Crippen LogP contribution in [-0.2, 0) is 14.4 Å². The number of hydrogen-bond acceptors (Lipinski definition) is 5. The van der Waals surface area contributed by atoms with Gasteiger partial charge in [-0.15, -0.1) is 11.8 Å². The van der Waals surface area contributed by atoms with E-state index in [0.29, 0.717) is 17.8 Å². The molecule has 3 aliphatic heterocycles. The molecule has 2 bridgehead atoms. The number of likely N-dealkylation sites (tertiary alicyclic amines) is 1. The maximum absolute atomic E-state index is 14.2. The van der Waals surface area contributed by atoms with Gasteiger partial charge in [0.2, 0.25) is 17.7 Å². The van der Waals surface area contributed by atoms with E-state index < -0.39 is 28.7 Å². The van der Waals surface area contributed by atoms with Crippen LogP contribution in [0.15, 0.2) is 72.8 Å². The highest BCUT2D eigenvalue weighted by Crippen LogP contribution is 2.69. The predicted molar refractivity (Wildman–Crippen MR) is 154 cm³/mol. The SMILES string of the molecule is CC[C@@H](CO)N1C(=O)[C@@H]2[C@@H](C(=O)Nc3ccccc3)[C@H]3CC(C)C2(S3)C1C(=O)Nc1ccc2ccccc2c1. The lowest BCUT2D eigenvalue weighted by Gasteiger charge is -2.40. The van der Waals surface area contributed by atoms with Gasteiger partial charge in [0.15, 0.2) is 0 Å². The molecule has 0 aromatic heterocycles. The van der Waals surface area contributed by atoms with Crippen LogP contribution in [0, 0.1) is 17.8 Å². The lowest BCUT2D eigenvalue weighted by atomic mass is 9.66. The highest BCUT2D eigenvalue weighted by molar-refractivity contribution is 8.02. The zero-order valence-corrected chi connectivity index (χ0v) is 22.9. The number of nitrogens with one attached hydrogen (secondary N) is 2. The molecule has 3 amide bonds. The van der Waals surface area contributed by atoms with Crippen molar-refractivity contribution in [2.75, 3.05) is 17.2 Å². The minimum absolute atomic E-state index is 0.0509. The second kappa shape index (κ2) is 9.99. The number of fused-ring (bicyclic) bond motifs is 2. The quantitative estimate of drug-likeness (QED) is 0.407. The highest BCUT2D eigenvalue weighted by atomic mass is 32.2. The van der Waals surface area contributed by atoms with Gasteiger partial charge in [-0.25, -0.2) is 0 Å². The number of rotatable bonds is 7. The van der Waals surface area contributed by atoms with Gasteiger partial charge < -0.3 is 20.6 Å². The first-order valence-corrected chi connectivity index (χ1v) is 14.5. The molecule has 3 fully saturated rings. The Morgan fingerprint density at radius 1 is 1.00 bits per heavy atom. The maximum atomic E-state index is 14.2. The van der Waals surface area contributed by atoms with Crippen LogP contribution in [-0.4, -0.2) is 56.4 Å². The van der Waals surface area contributed by atoms with Gasteiger partial charge in [0, 0.05) is 16.6 Å². The lowest BCUT2D eigenvalue weighted by Crippen LogP contribution is -2.56. The number of carbonyl (C=O) groups excluding carboxylic acids is 3. The first-order valence-electron chi connectivity index (χ1n) is 13.7. The van der Waals surface area contributed by atoms with Crippen LogP contribution in [0.5, 0.6) is 0 Å². The maximum Gasteiger partial charge on any atom is 0.248 e. The number of para-hydroxylation sites is 1. The standard InChI is InChI=1S/C31H33N3O4S/c1-3-23(17-35)34-27(29(37)33-22-14-13-19-9-7-8-10-20(19)16-22)31-18(2)15-24(39-31)25(26(31)30(34)38)28(36)32-21-11-5-4-6-12-21/h4-14,16,18,23-27,35H,3,15,17H2,1-2H3,(H,32,36)(H,33,37)/t18?,23-,24+,25-,26-,27?,31?/m0/s1. The second-order valence-corrected chi connectivity index (χ2v) is 12.5. The predicted octanol–water partition coefficient (Wildman–Crippen LogP) is 4.53. The van der Waals surface area contributed by atoms with Gasteiger partial charge in [-0.05, 0) is 53.8 Å². The summed E-state index contributed by atoms with van der Waals surface area (Å²) in [7, 11) is 0. The third-order valence-electron chi connectivity index (χ3n) is 8.87. The molecule has 8 heteroatoms. The van der Waals surface area contributed by atoms with E-state index in [1.54, 1.807) is 16.7 Å². The Bertz CT molecular complexity index is 1430. The number of thioether (sulfide) groups is 1. The van der Waals surface area contributed by atoms with E-state index in [0.717, 1.165) is 17.2 Å². The van der Waals surface area contributed by atoms with Crippen LogP contribution < -0.4 is 10.6 Å². The Labute approximate surface area is 232 Å². The minimum Gasteiger partial charge on any atom is -0.394 e. The Morgan fingerprint density at radius 3 is 2.41 bits per heavy atom. The van der Waals surface area contributed by atoms with Crippen LogP contribution in [0.3, 0.4) is 0 Å². The van der Waals surface area contributed by atoms with E-state index in [-0.39, 0.29) is 35.5 Å². The molecule has 7 atom stereocenters. The van der Waals surface area contributed by atoms with Gasteiger partial charge in [-0.1, -0.05) is 62.4 Å². The molecule has 3 unspecified atom stereocenters. The topological polar surface area (TPSA) is 98.7 Å². The summed E-state index contributed by atoms with van der Waals surface area (Å²) in [6, 6.07) is 21.7. The van der Waals surface area contributed by atoms with Gasteiger partial charge in [-0.2, -0.15) is 0 Å². The Morgan fingerprint density at radius 2 is 1.69 bits per heavy atom. The molecule has 3 aromatic rings. The molecule has 202 valence electrons. The number of aliphatic hydroxyl groups is 1. The van der Waals surface area contributed by atoms with Crippen LogP contribution in [0.2, 0.25) is 0 Å². The number of benzene rings is 3. The summed E-state index contributed by atoms with van der Waals surface area (Å²) in [6.07, 6.45) is 1.26. The van der Waals surface area contributed by atoms with Gasteiger partial charge >= 0.3 is 0 Å². The first kappa shape index (κ1) is 25.9. The van der Waals surface area contributed by atoms with E-state index in [9.17, 15) is 19.5 Å². The molecule has 3 aliphatic rings. The fraction of sp³-hybridized carbons (Fsp3) is 0.387. The molecule has 3 N–H and O–H groups in total. The Balaban J connectivity index is 1.37. The lowest BCUT2D eigenvalue weighted by molar-refractivity contribution is -0.141. The number of amides is 3. The molecule has 3 saturated heterocycles. The fourth-order valence-electron chi connectivity index (χ4n) is 7.09. The minimum atomic E-state index is -0.793. The fourth-order valence-corrected chi connectivity index (χ4v) is 9.50. The smallest absolute Gasteiger partial charge is 0.248 e. The van der Waals surface area contributed by atoms with Gasteiger partial charge in [0.1, 0.15) is 6.04 Å². The van der Waals surface area contributed by atoms with Gasteiger partial charge in [0.25, 0.3) is 0 Å². The number of carbonyl (C=O) groups is 3. The normalized spacial score (nSPS) is 29.9. The molecule has 7 nitrogen and oxygen atoms in total. The number of anilines is 2. The molecule has 0 radical (unpaired) electrons. The van der Waals surface area contributed by atoms with Crippen molar-refractivity contribution in [1.29, 1.82) is 0 Å². The van der Waals surface area contributed by atoms with Crippen molar-refractivity contribution in [3.8, 4) is 0 Å². The number of hydrogen-bond donors (Lipinski definition) is 3. The third-order valence-corrected chi connectivity index (χ3v) is 10.9. The molecule has 1 spiro atoms. The van der Waals surface area contributed by atoms with E-state index in [4.69, 9.17) is 0 Å². The molecule has 39 heavy (non-hydrogen) atoms.